The van der Waals surface area contributed by atoms with Crippen LogP contribution in [-0.2, 0) is 25.4 Å². The van der Waals surface area contributed by atoms with Crippen LogP contribution < -0.4 is 20.9 Å². The summed E-state index contributed by atoms with van der Waals surface area (Å²) in [4.78, 5) is 31.9. The molecule has 1 fully saturated rings. The van der Waals surface area contributed by atoms with E-state index in [1.54, 1.807) is 29.8 Å². The lowest BCUT2D eigenvalue weighted by atomic mass is 10.3. The normalized spacial score (nSPS) is 15.3. The van der Waals surface area contributed by atoms with Gasteiger partial charge in [-0.3, -0.25) is 13.9 Å². The Kier molecular flexibility index (Phi) is 6.47. The molecule has 2 aromatic heterocycles. The average molecular weight is 484 g/mol. The fraction of sp³-hybridized carbons (Fsp3) is 0.450. The van der Waals surface area contributed by atoms with Gasteiger partial charge in [0.25, 0.3) is 5.56 Å². The number of aliphatic hydroxyl groups is 1. The van der Waals surface area contributed by atoms with Crippen molar-refractivity contribution in [1.82, 2.24) is 18.7 Å². The second-order valence-electron chi connectivity index (χ2n) is 7.54. The van der Waals surface area contributed by atoms with Crippen molar-refractivity contribution >= 4 is 40.3 Å². The number of hydrogen-bond donors (Lipinski definition) is 1. The first-order chi connectivity index (χ1) is 15.3. The highest BCUT2D eigenvalue weighted by Gasteiger charge is 2.25. The fourth-order valence-corrected chi connectivity index (χ4v) is 4.12. The molecule has 3 heterocycles. The molecule has 3 aromatic rings. The lowest BCUT2D eigenvalue weighted by Crippen LogP contribution is -2.39. The largest absolute Gasteiger partial charge is 0.489 e. The molecule has 0 aliphatic carbocycles. The quantitative estimate of drug-likeness (QED) is 0.557. The van der Waals surface area contributed by atoms with Gasteiger partial charge in [-0.2, -0.15) is 4.98 Å². The number of aryl methyl sites for hydroxylation is 1. The van der Waals surface area contributed by atoms with Crippen molar-refractivity contribution in [2.45, 2.75) is 12.6 Å². The first kappa shape index (κ1) is 22.7. The van der Waals surface area contributed by atoms with Crippen LogP contribution in [-0.4, -0.2) is 62.8 Å². The Morgan fingerprint density at radius 1 is 1.19 bits per heavy atom. The maximum Gasteiger partial charge on any atom is 0.332 e. The summed E-state index contributed by atoms with van der Waals surface area (Å²) in [6.45, 7) is 2.13. The molecular formula is C20H23Cl2N5O5. The molecule has 1 N–H and O–H groups in total. The van der Waals surface area contributed by atoms with E-state index in [0.29, 0.717) is 48.0 Å². The zero-order valence-electron chi connectivity index (χ0n) is 17.6. The number of ether oxygens (including phenoxy) is 2. The van der Waals surface area contributed by atoms with Crippen LogP contribution in [0.4, 0.5) is 5.95 Å². The molecule has 0 radical (unpaired) electrons. The smallest absolute Gasteiger partial charge is 0.332 e. The molecule has 10 nitrogen and oxygen atoms in total. The van der Waals surface area contributed by atoms with Crippen LogP contribution in [0.1, 0.15) is 0 Å². The number of aliphatic hydroxyl groups excluding tert-OH is 1. The Hall–Kier alpha value is -2.53. The van der Waals surface area contributed by atoms with Crippen molar-refractivity contribution in [3.63, 3.8) is 0 Å². The Morgan fingerprint density at radius 2 is 1.91 bits per heavy atom. The molecule has 0 bridgehead atoms. The highest BCUT2D eigenvalue weighted by Crippen LogP contribution is 2.28. The molecular weight excluding hydrogens is 461 g/mol. The monoisotopic (exact) mass is 483 g/mol. The third kappa shape index (κ3) is 4.23. The van der Waals surface area contributed by atoms with Gasteiger partial charge in [-0.05, 0) is 18.2 Å². The van der Waals surface area contributed by atoms with Gasteiger partial charge < -0.3 is 24.0 Å². The number of nitrogens with zero attached hydrogens (tertiary/aromatic N) is 5. The molecule has 0 saturated carbocycles. The van der Waals surface area contributed by atoms with Gasteiger partial charge in [-0.25, -0.2) is 4.79 Å². The number of imidazole rings is 1. The van der Waals surface area contributed by atoms with Crippen molar-refractivity contribution in [3.05, 3.63) is 49.1 Å². The van der Waals surface area contributed by atoms with E-state index in [1.165, 1.54) is 11.6 Å². The predicted octanol–water partition coefficient (Wildman–Crippen LogP) is 1.02. The van der Waals surface area contributed by atoms with Crippen LogP contribution in [0.5, 0.6) is 5.75 Å². The molecule has 1 atom stereocenters. The number of fused-ring (bicyclic) bond motifs is 1. The van der Waals surface area contributed by atoms with E-state index in [9.17, 15) is 14.7 Å². The average Bonchev–Trinajstić information content (AvgIpc) is 3.15. The van der Waals surface area contributed by atoms with Gasteiger partial charge in [-0.1, -0.05) is 23.2 Å². The maximum atomic E-state index is 13.0. The molecule has 0 spiro atoms. The summed E-state index contributed by atoms with van der Waals surface area (Å²) in [5.41, 5.74) is -0.459. The molecule has 32 heavy (non-hydrogen) atoms. The number of anilines is 1. The molecule has 1 saturated heterocycles. The molecule has 1 aromatic carbocycles. The van der Waals surface area contributed by atoms with Crippen LogP contribution >= 0.6 is 23.2 Å². The van der Waals surface area contributed by atoms with E-state index in [-0.39, 0.29) is 24.3 Å². The molecule has 12 heteroatoms. The minimum Gasteiger partial charge on any atom is -0.489 e. The standard InChI is InChI=1S/C20H23Cl2N5O5/c1-24-17-16(18(29)25(2)20(24)30)27(19(23-17)26-5-7-31-8-6-26)10-13(28)11-32-15-4-3-12(21)9-14(15)22/h3-4,9,13,28H,5-8,10-11H2,1-2H3/t13-/m1/s1. The van der Waals surface area contributed by atoms with Crippen molar-refractivity contribution < 1.29 is 14.6 Å². The van der Waals surface area contributed by atoms with E-state index in [2.05, 4.69) is 4.98 Å². The number of morpholine rings is 1. The fourth-order valence-electron chi connectivity index (χ4n) is 3.65. The molecule has 4 rings (SSSR count). The van der Waals surface area contributed by atoms with Crippen LogP contribution in [0.3, 0.4) is 0 Å². The number of hydrogen-bond acceptors (Lipinski definition) is 7. The second kappa shape index (κ2) is 9.14. The minimum atomic E-state index is -0.985. The van der Waals surface area contributed by atoms with Gasteiger partial charge in [0.15, 0.2) is 11.2 Å². The number of halogens is 2. The number of aromatic nitrogens is 4. The Balaban J connectivity index is 1.69. The number of benzene rings is 1. The third-order valence-electron chi connectivity index (χ3n) is 5.34. The minimum absolute atomic E-state index is 0.0296. The summed E-state index contributed by atoms with van der Waals surface area (Å²) in [7, 11) is 2.98. The Labute approximate surface area is 193 Å². The maximum absolute atomic E-state index is 13.0. The van der Waals surface area contributed by atoms with Crippen LogP contribution in [0, 0.1) is 0 Å². The van der Waals surface area contributed by atoms with E-state index in [1.807, 2.05) is 4.90 Å². The summed E-state index contributed by atoms with van der Waals surface area (Å²) in [6, 6.07) is 4.81. The van der Waals surface area contributed by atoms with Gasteiger partial charge >= 0.3 is 5.69 Å². The topological polar surface area (TPSA) is 104 Å². The molecule has 1 aliphatic heterocycles. The van der Waals surface area contributed by atoms with Crippen molar-refractivity contribution in [1.29, 1.82) is 0 Å². The first-order valence-electron chi connectivity index (χ1n) is 10.0. The lowest BCUT2D eigenvalue weighted by molar-refractivity contribution is 0.0927. The number of rotatable bonds is 6. The van der Waals surface area contributed by atoms with E-state index < -0.39 is 17.4 Å². The van der Waals surface area contributed by atoms with Crippen molar-refractivity contribution in [2.75, 3.05) is 37.8 Å². The Morgan fingerprint density at radius 3 is 2.59 bits per heavy atom. The van der Waals surface area contributed by atoms with Gasteiger partial charge in [-0.15, -0.1) is 0 Å². The van der Waals surface area contributed by atoms with Crippen LogP contribution in [0.25, 0.3) is 11.2 Å². The van der Waals surface area contributed by atoms with E-state index in [4.69, 9.17) is 32.7 Å². The summed E-state index contributed by atoms with van der Waals surface area (Å²) in [5.74, 6) is 0.877. The molecule has 172 valence electrons. The van der Waals surface area contributed by atoms with E-state index in [0.717, 1.165) is 4.57 Å². The van der Waals surface area contributed by atoms with Gasteiger partial charge in [0.2, 0.25) is 5.95 Å². The Bertz CT molecular complexity index is 1260. The highest BCUT2D eigenvalue weighted by molar-refractivity contribution is 6.35. The summed E-state index contributed by atoms with van der Waals surface area (Å²) in [6.07, 6.45) is -0.985. The van der Waals surface area contributed by atoms with Crippen molar-refractivity contribution in [3.8, 4) is 5.75 Å². The van der Waals surface area contributed by atoms with Gasteiger partial charge in [0.1, 0.15) is 18.5 Å². The third-order valence-corrected chi connectivity index (χ3v) is 5.87. The summed E-state index contributed by atoms with van der Waals surface area (Å²) >= 11 is 12.0. The zero-order chi connectivity index (χ0) is 23.0. The molecule has 1 aliphatic rings. The van der Waals surface area contributed by atoms with Crippen molar-refractivity contribution in [2.24, 2.45) is 14.1 Å². The molecule has 0 unspecified atom stereocenters. The van der Waals surface area contributed by atoms with Crippen LogP contribution in [0.15, 0.2) is 27.8 Å². The molecule has 0 amide bonds. The first-order valence-corrected chi connectivity index (χ1v) is 10.8. The SMILES string of the molecule is Cn1c(=O)c2c(nc(N3CCOCC3)n2C[C@@H](O)COc2ccc(Cl)cc2Cl)n(C)c1=O. The summed E-state index contributed by atoms with van der Waals surface area (Å²) in [5, 5.41) is 11.5. The van der Waals surface area contributed by atoms with E-state index >= 15 is 0 Å². The van der Waals surface area contributed by atoms with Crippen LogP contribution in [0.2, 0.25) is 10.0 Å². The van der Waals surface area contributed by atoms with Gasteiger partial charge in [0.05, 0.1) is 24.8 Å². The zero-order valence-corrected chi connectivity index (χ0v) is 19.1. The van der Waals surface area contributed by atoms with Gasteiger partial charge in [0, 0.05) is 32.2 Å². The summed E-state index contributed by atoms with van der Waals surface area (Å²) < 4.78 is 15.1. The second-order valence-corrected chi connectivity index (χ2v) is 8.38. The highest BCUT2D eigenvalue weighted by atomic mass is 35.5. The predicted molar refractivity (Wildman–Crippen MR) is 121 cm³/mol. The lowest BCUT2D eigenvalue weighted by Gasteiger charge is -2.28.